The van der Waals surface area contributed by atoms with Gasteiger partial charge in [-0.1, -0.05) is 12.1 Å². The van der Waals surface area contributed by atoms with Crippen LogP contribution in [0, 0.1) is 6.92 Å². The van der Waals surface area contributed by atoms with Crippen LogP contribution in [0.4, 0.5) is 5.69 Å². The van der Waals surface area contributed by atoms with Crippen molar-refractivity contribution in [2.75, 3.05) is 4.90 Å². The second-order valence-electron chi connectivity index (χ2n) is 4.89. The van der Waals surface area contributed by atoms with E-state index in [-0.39, 0.29) is 5.54 Å². The summed E-state index contributed by atoms with van der Waals surface area (Å²) < 4.78 is 0. The fraction of sp³-hybridized carbons (Fsp3) is 0.357. The molecule has 0 saturated carbocycles. The lowest BCUT2D eigenvalue weighted by Gasteiger charge is -2.29. The Kier molecular flexibility index (Phi) is 2.58. The number of aryl methyl sites for hydroxylation is 1. The zero-order valence-corrected chi connectivity index (χ0v) is 10.4. The Morgan fingerprint density at radius 3 is 2.56 bits per heavy atom. The smallest absolute Gasteiger partial charge is 0.0948 e. The van der Waals surface area contributed by atoms with Crippen molar-refractivity contribution in [3.05, 3.63) is 41.6 Å². The van der Waals surface area contributed by atoms with Crippen molar-refractivity contribution in [2.24, 2.45) is 4.99 Å². The molecule has 1 aromatic rings. The Labute approximate surface area is 97.3 Å². The fourth-order valence-corrected chi connectivity index (χ4v) is 1.96. The van der Waals surface area contributed by atoms with E-state index in [2.05, 4.69) is 67.9 Å². The molecule has 0 aromatic heterocycles. The standard InChI is InChI=1S/C14H18N2/c1-11-6-5-7-13(8-11)16-10-15-14(3,4)9-12(16)2/h5-10H,1-4H3. The topological polar surface area (TPSA) is 15.6 Å². The average molecular weight is 214 g/mol. The third kappa shape index (κ3) is 2.16. The van der Waals surface area contributed by atoms with Crippen LogP contribution in [0.2, 0.25) is 0 Å². The van der Waals surface area contributed by atoms with Gasteiger partial charge in [0.15, 0.2) is 0 Å². The maximum atomic E-state index is 4.52. The monoisotopic (exact) mass is 214 g/mol. The molecule has 0 atom stereocenters. The number of allylic oxidation sites excluding steroid dienone is 1. The highest BCUT2D eigenvalue weighted by Crippen LogP contribution is 2.25. The third-order valence-corrected chi connectivity index (χ3v) is 2.73. The summed E-state index contributed by atoms with van der Waals surface area (Å²) in [6.07, 6.45) is 4.11. The van der Waals surface area contributed by atoms with Gasteiger partial charge >= 0.3 is 0 Å². The summed E-state index contributed by atoms with van der Waals surface area (Å²) in [6, 6.07) is 8.45. The summed E-state index contributed by atoms with van der Waals surface area (Å²) in [4.78, 5) is 6.65. The number of hydrogen-bond donors (Lipinski definition) is 0. The number of hydrogen-bond acceptors (Lipinski definition) is 2. The molecule has 0 radical (unpaired) electrons. The van der Waals surface area contributed by atoms with Crippen LogP contribution in [0.15, 0.2) is 41.0 Å². The van der Waals surface area contributed by atoms with Gasteiger partial charge in [-0.2, -0.15) is 0 Å². The molecule has 2 heteroatoms. The van der Waals surface area contributed by atoms with Gasteiger partial charge < -0.3 is 4.90 Å². The third-order valence-electron chi connectivity index (χ3n) is 2.73. The van der Waals surface area contributed by atoms with Crippen molar-refractivity contribution in [1.29, 1.82) is 0 Å². The van der Waals surface area contributed by atoms with Gasteiger partial charge in [0.05, 0.1) is 11.9 Å². The molecule has 0 spiro atoms. The van der Waals surface area contributed by atoms with Crippen LogP contribution in [0.25, 0.3) is 0 Å². The van der Waals surface area contributed by atoms with E-state index in [0.717, 1.165) is 0 Å². The number of anilines is 1. The van der Waals surface area contributed by atoms with E-state index < -0.39 is 0 Å². The average Bonchev–Trinajstić information content (AvgIpc) is 2.15. The van der Waals surface area contributed by atoms with E-state index in [1.54, 1.807) is 0 Å². The van der Waals surface area contributed by atoms with Gasteiger partial charge in [0.25, 0.3) is 0 Å². The van der Waals surface area contributed by atoms with Crippen LogP contribution >= 0.6 is 0 Å². The molecule has 16 heavy (non-hydrogen) atoms. The van der Waals surface area contributed by atoms with Crippen molar-refractivity contribution >= 4 is 12.0 Å². The van der Waals surface area contributed by atoms with E-state index in [9.17, 15) is 0 Å². The van der Waals surface area contributed by atoms with Crippen molar-refractivity contribution in [3.63, 3.8) is 0 Å². The number of benzene rings is 1. The van der Waals surface area contributed by atoms with Gasteiger partial charge in [0, 0.05) is 11.4 Å². The van der Waals surface area contributed by atoms with E-state index in [4.69, 9.17) is 0 Å². The van der Waals surface area contributed by atoms with Crippen LogP contribution < -0.4 is 4.90 Å². The predicted octanol–water partition coefficient (Wildman–Crippen LogP) is 3.53. The minimum Gasteiger partial charge on any atom is -0.306 e. The highest BCUT2D eigenvalue weighted by Gasteiger charge is 2.19. The van der Waals surface area contributed by atoms with Crippen LogP contribution in [-0.4, -0.2) is 11.9 Å². The number of nitrogens with zero attached hydrogens (tertiary/aromatic N) is 2. The number of aliphatic imine (C=N–C) groups is 1. The summed E-state index contributed by atoms with van der Waals surface area (Å²) in [7, 11) is 0. The van der Waals surface area contributed by atoms with Gasteiger partial charge in [0.1, 0.15) is 0 Å². The molecular formula is C14H18N2. The Morgan fingerprint density at radius 2 is 1.94 bits per heavy atom. The lowest BCUT2D eigenvalue weighted by molar-refractivity contribution is 0.644. The molecule has 2 rings (SSSR count). The van der Waals surface area contributed by atoms with Gasteiger partial charge in [-0.25, -0.2) is 0 Å². The largest absolute Gasteiger partial charge is 0.306 e. The lowest BCUT2D eigenvalue weighted by Crippen LogP contribution is -2.29. The van der Waals surface area contributed by atoms with Gasteiger partial charge in [0.2, 0.25) is 0 Å². The Morgan fingerprint density at radius 1 is 1.19 bits per heavy atom. The highest BCUT2D eigenvalue weighted by molar-refractivity contribution is 5.85. The SMILES string of the molecule is CC1=CC(C)(C)N=CN1c1cccc(C)c1. The molecule has 1 aliphatic heterocycles. The van der Waals surface area contributed by atoms with E-state index >= 15 is 0 Å². The van der Waals surface area contributed by atoms with Crippen LogP contribution in [0.3, 0.4) is 0 Å². The summed E-state index contributed by atoms with van der Waals surface area (Å²) >= 11 is 0. The van der Waals surface area contributed by atoms with Crippen LogP contribution in [0.1, 0.15) is 26.3 Å². The quantitative estimate of drug-likeness (QED) is 0.698. The molecule has 84 valence electrons. The molecule has 1 heterocycles. The summed E-state index contributed by atoms with van der Waals surface area (Å²) in [5.41, 5.74) is 3.59. The van der Waals surface area contributed by atoms with Gasteiger partial charge in [-0.15, -0.1) is 0 Å². The second-order valence-corrected chi connectivity index (χ2v) is 4.89. The minimum atomic E-state index is -0.0790. The molecule has 2 nitrogen and oxygen atoms in total. The van der Waals surface area contributed by atoms with Crippen molar-refractivity contribution in [1.82, 2.24) is 0 Å². The van der Waals surface area contributed by atoms with Crippen LogP contribution in [-0.2, 0) is 0 Å². The maximum absolute atomic E-state index is 4.52. The molecule has 0 saturated heterocycles. The van der Waals surface area contributed by atoms with E-state index in [1.165, 1.54) is 16.9 Å². The molecule has 0 amide bonds. The van der Waals surface area contributed by atoms with E-state index in [0.29, 0.717) is 0 Å². The normalized spacial score (nSPS) is 18.5. The van der Waals surface area contributed by atoms with E-state index in [1.807, 2.05) is 6.34 Å². The predicted molar refractivity (Wildman–Crippen MR) is 70.0 cm³/mol. The molecule has 1 aromatic carbocycles. The first-order valence-corrected chi connectivity index (χ1v) is 5.59. The van der Waals surface area contributed by atoms with Crippen molar-refractivity contribution in [2.45, 2.75) is 33.2 Å². The molecule has 0 bridgehead atoms. The first kappa shape index (κ1) is 10.9. The highest BCUT2D eigenvalue weighted by atomic mass is 15.2. The molecule has 1 aliphatic rings. The van der Waals surface area contributed by atoms with Gasteiger partial charge in [-0.3, -0.25) is 4.99 Å². The van der Waals surface area contributed by atoms with Crippen LogP contribution in [0.5, 0.6) is 0 Å². The molecule has 0 N–H and O–H groups in total. The van der Waals surface area contributed by atoms with Crippen molar-refractivity contribution < 1.29 is 0 Å². The second kappa shape index (κ2) is 3.78. The molecule has 0 unspecified atom stereocenters. The Bertz CT molecular complexity index is 456. The molecule has 0 aliphatic carbocycles. The maximum Gasteiger partial charge on any atom is 0.0948 e. The minimum absolute atomic E-state index is 0.0790. The summed E-state index contributed by atoms with van der Waals surface area (Å²) in [5.74, 6) is 0. The zero-order valence-electron chi connectivity index (χ0n) is 10.4. The summed E-state index contributed by atoms with van der Waals surface area (Å²) in [6.45, 7) is 8.45. The molecular weight excluding hydrogens is 196 g/mol. The number of rotatable bonds is 1. The van der Waals surface area contributed by atoms with Crippen molar-refractivity contribution in [3.8, 4) is 0 Å². The first-order chi connectivity index (χ1) is 7.48. The summed E-state index contributed by atoms with van der Waals surface area (Å²) in [5, 5.41) is 0. The van der Waals surface area contributed by atoms with Gasteiger partial charge in [-0.05, 0) is 51.5 Å². The fourth-order valence-electron chi connectivity index (χ4n) is 1.96. The lowest BCUT2D eigenvalue weighted by atomic mass is 10.0. The Balaban J connectivity index is 2.35. The molecule has 0 fully saturated rings. The zero-order chi connectivity index (χ0) is 11.8. The Hall–Kier alpha value is -1.57. The first-order valence-electron chi connectivity index (χ1n) is 5.59.